The number of carbonyl (C=O) groups is 2. The summed E-state index contributed by atoms with van der Waals surface area (Å²) in [5.74, 6) is 0.0931. The van der Waals surface area contributed by atoms with Gasteiger partial charge in [0, 0.05) is 38.7 Å². The van der Waals surface area contributed by atoms with Crippen molar-refractivity contribution >= 4 is 23.2 Å². The van der Waals surface area contributed by atoms with Crippen LogP contribution in [-0.2, 0) is 4.79 Å². The summed E-state index contributed by atoms with van der Waals surface area (Å²) in [6.07, 6.45) is 1.96. The van der Waals surface area contributed by atoms with E-state index in [0.717, 1.165) is 18.5 Å². The van der Waals surface area contributed by atoms with Gasteiger partial charge in [-0.3, -0.25) is 9.59 Å². The second-order valence-corrected chi connectivity index (χ2v) is 5.49. The van der Waals surface area contributed by atoms with E-state index < -0.39 is 0 Å². The molecule has 1 saturated carbocycles. The Morgan fingerprint density at radius 1 is 1.24 bits per heavy atom. The Hall–Kier alpha value is -2.24. The highest BCUT2D eigenvalue weighted by Crippen LogP contribution is 2.28. The van der Waals surface area contributed by atoms with Crippen LogP contribution in [-0.4, -0.2) is 39.0 Å². The first-order valence-corrected chi connectivity index (χ1v) is 7.12. The quantitative estimate of drug-likeness (QED) is 0.528. The standard InChI is InChI=1S/C15H22N4O2/c1-19(2)13-6-5-11(9-12(13)16)15(21)18-8-7-17-14(20)10-3-4-10/h5-6,9-10H,3-4,7-8,16H2,1-2H3,(H,17,20)(H,18,21). The van der Waals surface area contributed by atoms with Crippen molar-refractivity contribution in [3.8, 4) is 0 Å². The summed E-state index contributed by atoms with van der Waals surface area (Å²) in [5, 5.41) is 5.57. The van der Waals surface area contributed by atoms with E-state index in [-0.39, 0.29) is 17.7 Å². The van der Waals surface area contributed by atoms with Crippen LogP contribution in [0.5, 0.6) is 0 Å². The predicted octanol–water partition coefficient (Wildman–Crippen LogP) is 0.591. The minimum absolute atomic E-state index is 0.0869. The summed E-state index contributed by atoms with van der Waals surface area (Å²) < 4.78 is 0. The number of nitrogen functional groups attached to an aromatic ring is 1. The zero-order valence-electron chi connectivity index (χ0n) is 12.5. The van der Waals surface area contributed by atoms with Gasteiger partial charge in [-0.15, -0.1) is 0 Å². The van der Waals surface area contributed by atoms with Crippen molar-refractivity contribution in [1.29, 1.82) is 0 Å². The average Bonchev–Trinajstić information content (AvgIpc) is 3.27. The van der Waals surface area contributed by atoms with Crippen molar-refractivity contribution in [3.63, 3.8) is 0 Å². The second kappa shape index (κ2) is 6.47. The van der Waals surface area contributed by atoms with Crippen LogP contribution in [0.1, 0.15) is 23.2 Å². The van der Waals surface area contributed by atoms with Gasteiger partial charge in [0.25, 0.3) is 5.91 Å². The molecular formula is C15H22N4O2. The predicted molar refractivity (Wildman–Crippen MR) is 83.2 cm³/mol. The van der Waals surface area contributed by atoms with Crippen LogP contribution in [0.3, 0.4) is 0 Å². The average molecular weight is 290 g/mol. The summed E-state index contributed by atoms with van der Waals surface area (Å²) in [6.45, 7) is 0.860. The fourth-order valence-corrected chi connectivity index (χ4v) is 2.06. The third-order valence-corrected chi connectivity index (χ3v) is 3.43. The van der Waals surface area contributed by atoms with E-state index in [9.17, 15) is 9.59 Å². The third-order valence-electron chi connectivity index (χ3n) is 3.43. The summed E-state index contributed by atoms with van der Waals surface area (Å²) >= 11 is 0. The Balaban J connectivity index is 1.79. The molecule has 0 atom stereocenters. The van der Waals surface area contributed by atoms with Crippen LogP contribution in [0.25, 0.3) is 0 Å². The summed E-state index contributed by atoms with van der Waals surface area (Å²) in [5.41, 5.74) is 7.88. The summed E-state index contributed by atoms with van der Waals surface area (Å²) in [4.78, 5) is 25.3. The molecule has 0 unspecified atom stereocenters. The van der Waals surface area contributed by atoms with Crippen molar-refractivity contribution in [3.05, 3.63) is 23.8 Å². The maximum atomic E-state index is 12.0. The fraction of sp³-hybridized carbons (Fsp3) is 0.467. The van der Waals surface area contributed by atoms with Gasteiger partial charge in [0.05, 0.1) is 11.4 Å². The molecule has 1 aliphatic carbocycles. The van der Waals surface area contributed by atoms with Crippen LogP contribution >= 0.6 is 0 Å². The Kier molecular flexibility index (Phi) is 4.67. The molecule has 1 aliphatic rings. The lowest BCUT2D eigenvalue weighted by Gasteiger charge is -2.16. The molecule has 1 fully saturated rings. The van der Waals surface area contributed by atoms with Gasteiger partial charge in [0.15, 0.2) is 0 Å². The Bertz CT molecular complexity index is 538. The Morgan fingerprint density at radius 3 is 2.48 bits per heavy atom. The fourth-order valence-electron chi connectivity index (χ4n) is 2.06. The molecule has 1 aromatic rings. The molecule has 114 valence electrons. The van der Waals surface area contributed by atoms with Gasteiger partial charge in [-0.05, 0) is 31.0 Å². The first kappa shape index (κ1) is 15.2. The minimum Gasteiger partial charge on any atom is -0.397 e. The zero-order valence-corrected chi connectivity index (χ0v) is 12.5. The van der Waals surface area contributed by atoms with Crippen LogP contribution in [0.2, 0.25) is 0 Å². The van der Waals surface area contributed by atoms with Gasteiger partial charge in [-0.1, -0.05) is 0 Å². The molecule has 4 N–H and O–H groups in total. The number of nitrogens with two attached hydrogens (primary N) is 1. The number of anilines is 2. The van der Waals surface area contributed by atoms with E-state index in [1.807, 2.05) is 25.1 Å². The van der Waals surface area contributed by atoms with Crippen molar-refractivity contribution in [2.45, 2.75) is 12.8 Å². The van der Waals surface area contributed by atoms with Crippen molar-refractivity contribution in [2.75, 3.05) is 37.8 Å². The van der Waals surface area contributed by atoms with Gasteiger partial charge < -0.3 is 21.3 Å². The Morgan fingerprint density at radius 2 is 1.90 bits per heavy atom. The normalized spacial score (nSPS) is 13.6. The lowest BCUT2D eigenvalue weighted by atomic mass is 10.1. The molecule has 0 heterocycles. The first-order valence-electron chi connectivity index (χ1n) is 7.12. The molecule has 0 saturated heterocycles. The molecule has 6 heteroatoms. The maximum absolute atomic E-state index is 12.0. The van der Waals surface area contributed by atoms with Crippen LogP contribution in [0.4, 0.5) is 11.4 Å². The SMILES string of the molecule is CN(C)c1ccc(C(=O)NCCNC(=O)C2CC2)cc1N. The number of nitrogens with one attached hydrogen (secondary N) is 2. The highest BCUT2D eigenvalue weighted by molar-refractivity contribution is 5.96. The molecule has 0 aliphatic heterocycles. The van der Waals surface area contributed by atoms with Gasteiger partial charge in [-0.2, -0.15) is 0 Å². The smallest absolute Gasteiger partial charge is 0.251 e. The van der Waals surface area contributed by atoms with Gasteiger partial charge in [-0.25, -0.2) is 0 Å². The maximum Gasteiger partial charge on any atom is 0.251 e. The summed E-state index contributed by atoms with van der Waals surface area (Å²) in [7, 11) is 3.79. The molecule has 2 amide bonds. The lowest BCUT2D eigenvalue weighted by molar-refractivity contribution is -0.122. The molecule has 0 radical (unpaired) electrons. The molecule has 1 aromatic carbocycles. The molecule has 2 rings (SSSR count). The molecule has 6 nitrogen and oxygen atoms in total. The number of benzene rings is 1. The molecule has 0 bridgehead atoms. The summed E-state index contributed by atoms with van der Waals surface area (Å²) in [6, 6.07) is 5.22. The largest absolute Gasteiger partial charge is 0.397 e. The molecule has 0 aromatic heterocycles. The number of hydrogen-bond donors (Lipinski definition) is 3. The monoisotopic (exact) mass is 290 g/mol. The van der Waals surface area contributed by atoms with E-state index >= 15 is 0 Å². The number of hydrogen-bond acceptors (Lipinski definition) is 4. The molecule has 21 heavy (non-hydrogen) atoms. The van der Waals surface area contributed by atoms with E-state index in [2.05, 4.69) is 10.6 Å². The highest BCUT2D eigenvalue weighted by atomic mass is 16.2. The van der Waals surface area contributed by atoms with Crippen LogP contribution in [0.15, 0.2) is 18.2 Å². The Labute approximate surface area is 124 Å². The number of amides is 2. The van der Waals surface area contributed by atoms with Crippen molar-refractivity contribution in [1.82, 2.24) is 10.6 Å². The van der Waals surface area contributed by atoms with Gasteiger partial charge in [0.1, 0.15) is 0 Å². The van der Waals surface area contributed by atoms with Crippen LogP contribution in [0, 0.1) is 5.92 Å². The third kappa shape index (κ3) is 4.11. The van der Waals surface area contributed by atoms with Gasteiger partial charge >= 0.3 is 0 Å². The molecule has 0 spiro atoms. The van der Waals surface area contributed by atoms with E-state index in [4.69, 9.17) is 5.73 Å². The second-order valence-electron chi connectivity index (χ2n) is 5.49. The lowest BCUT2D eigenvalue weighted by Crippen LogP contribution is -2.35. The molecular weight excluding hydrogens is 268 g/mol. The number of carbonyl (C=O) groups excluding carboxylic acids is 2. The first-order chi connectivity index (χ1) is 9.99. The minimum atomic E-state index is -0.187. The number of rotatable bonds is 6. The number of nitrogens with zero attached hydrogens (tertiary/aromatic N) is 1. The van der Waals surface area contributed by atoms with Crippen LogP contribution < -0.4 is 21.3 Å². The van der Waals surface area contributed by atoms with Crippen molar-refractivity contribution in [2.24, 2.45) is 5.92 Å². The highest BCUT2D eigenvalue weighted by Gasteiger charge is 2.28. The van der Waals surface area contributed by atoms with E-state index in [1.165, 1.54) is 0 Å². The van der Waals surface area contributed by atoms with E-state index in [1.54, 1.807) is 12.1 Å². The van der Waals surface area contributed by atoms with Gasteiger partial charge in [0.2, 0.25) is 5.91 Å². The van der Waals surface area contributed by atoms with E-state index in [0.29, 0.717) is 24.3 Å². The topological polar surface area (TPSA) is 87.5 Å². The zero-order chi connectivity index (χ0) is 15.4. The van der Waals surface area contributed by atoms with Crippen molar-refractivity contribution < 1.29 is 9.59 Å².